The smallest absolute Gasteiger partial charge is 0.408 e. The monoisotopic (exact) mass is 659 g/mol. The van der Waals surface area contributed by atoms with E-state index in [0.717, 1.165) is 18.4 Å². The summed E-state index contributed by atoms with van der Waals surface area (Å²) in [7, 11) is -2.72. The predicted octanol–water partition coefficient (Wildman–Crippen LogP) is 7.93. The lowest BCUT2D eigenvalue weighted by Gasteiger charge is -2.43. The highest BCUT2D eigenvalue weighted by Gasteiger charge is 2.50. The van der Waals surface area contributed by atoms with Gasteiger partial charge < -0.3 is 24.3 Å². The lowest BCUT2D eigenvalue weighted by atomic mass is 10.0. The molecule has 3 rings (SSSR count). The van der Waals surface area contributed by atoms with E-state index in [1.165, 1.54) is 10.4 Å². The number of rotatable bonds is 17. The molecule has 0 aliphatic heterocycles. The molecule has 0 aromatic heterocycles. The van der Waals surface area contributed by atoms with Gasteiger partial charge in [-0.3, -0.25) is 0 Å². The Bertz CT molecular complexity index is 1300. The first kappa shape index (κ1) is 38.2. The second-order valence-electron chi connectivity index (χ2n) is 14.3. The molecule has 7 heteroatoms. The minimum atomic E-state index is -2.72. The van der Waals surface area contributed by atoms with Crippen molar-refractivity contribution in [2.75, 3.05) is 6.61 Å². The SMILES string of the molecule is CCC[C@@H](C[C@@H](O)C/C=C/[C@@H](CCO[Si](c1ccccc1)(c1ccccc1)C(C)(C)C)NC(=O)OC(C)(C)C)OCc1ccccc1. The number of aliphatic hydroxyl groups excluding tert-OH is 1. The van der Waals surface area contributed by atoms with E-state index in [4.69, 9.17) is 13.9 Å². The molecule has 2 N–H and O–H groups in total. The molecule has 1 amide bonds. The number of benzene rings is 3. The molecule has 3 atom stereocenters. The second-order valence-corrected chi connectivity index (χ2v) is 18.6. The maximum absolute atomic E-state index is 12.9. The van der Waals surface area contributed by atoms with Crippen LogP contribution in [-0.4, -0.2) is 50.0 Å². The highest BCUT2D eigenvalue weighted by molar-refractivity contribution is 6.99. The minimum Gasteiger partial charge on any atom is -0.444 e. The van der Waals surface area contributed by atoms with E-state index >= 15 is 0 Å². The first-order chi connectivity index (χ1) is 22.3. The molecule has 0 radical (unpaired) electrons. The van der Waals surface area contributed by atoms with Crippen LogP contribution in [0.1, 0.15) is 86.1 Å². The summed E-state index contributed by atoms with van der Waals surface area (Å²) in [4.78, 5) is 12.9. The fourth-order valence-electron chi connectivity index (χ4n) is 5.96. The lowest BCUT2D eigenvalue weighted by molar-refractivity contribution is -0.000236. The zero-order valence-corrected chi connectivity index (χ0v) is 30.6. The average molecular weight is 660 g/mol. The van der Waals surface area contributed by atoms with Gasteiger partial charge in [-0.25, -0.2) is 4.79 Å². The molecule has 0 fully saturated rings. The molecule has 0 aliphatic carbocycles. The van der Waals surface area contributed by atoms with Crippen LogP contribution in [0.4, 0.5) is 4.79 Å². The third-order valence-electron chi connectivity index (χ3n) is 8.12. The molecule has 6 nitrogen and oxygen atoms in total. The van der Waals surface area contributed by atoms with E-state index in [9.17, 15) is 9.90 Å². The van der Waals surface area contributed by atoms with Gasteiger partial charge in [0.05, 0.1) is 24.9 Å². The van der Waals surface area contributed by atoms with Gasteiger partial charge in [0, 0.05) is 6.61 Å². The van der Waals surface area contributed by atoms with Crippen molar-refractivity contribution in [1.29, 1.82) is 0 Å². The average Bonchev–Trinajstić information content (AvgIpc) is 3.02. The van der Waals surface area contributed by atoms with E-state index in [2.05, 4.69) is 93.7 Å². The molecule has 3 aromatic rings. The Morgan fingerprint density at radius 3 is 1.91 bits per heavy atom. The summed E-state index contributed by atoms with van der Waals surface area (Å²) < 4.78 is 18.9. The maximum Gasteiger partial charge on any atom is 0.408 e. The highest BCUT2D eigenvalue weighted by atomic mass is 28.4. The van der Waals surface area contributed by atoms with E-state index in [1.54, 1.807) is 0 Å². The number of ether oxygens (including phenoxy) is 2. The third-order valence-corrected chi connectivity index (χ3v) is 13.2. The van der Waals surface area contributed by atoms with Crippen molar-refractivity contribution in [3.05, 3.63) is 109 Å². The first-order valence-corrected chi connectivity index (χ1v) is 19.0. The summed E-state index contributed by atoms with van der Waals surface area (Å²) in [5, 5.41) is 16.3. The van der Waals surface area contributed by atoms with Crippen molar-refractivity contribution in [2.24, 2.45) is 0 Å². The van der Waals surface area contributed by atoms with Gasteiger partial charge in [-0.15, -0.1) is 0 Å². The second kappa shape index (κ2) is 18.3. The van der Waals surface area contributed by atoms with Crippen molar-refractivity contribution >= 4 is 24.8 Å². The van der Waals surface area contributed by atoms with Gasteiger partial charge in [-0.2, -0.15) is 0 Å². The summed E-state index contributed by atoms with van der Waals surface area (Å²) in [6.45, 7) is 15.4. The zero-order chi connectivity index (χ0) is 34.3. The van der Waals surface area contributed by atoms with Gasteiger partial charge in [0.15, 0.2) is 0 Å². The van der Waals surface area contributed by atoms with Crippen molar-refractivity contribution in [2.45, 2.75) is 116 Å². The number of nitrogens with one attached hydrogen (secondary N) is 1. The van der Waals surface area contributed by atoms with Crippen LogP contribution in [0.25, 0.3) is 0 Å². The van der Waals surface area contributed by atoms with Crippen molar-refractivity contribution in [3.8, 4) is 0 Å². The third kappa shape index (κ3) is 12.4. The lowest BCUT2D eigenvalue weighted by Crippen LogP contribution is -2.66. The topological polar surface area (TPSA) is 77.0 Å². The van der Waals surface area contributed by atoms with E-state index in [0.29, 0.717) is 32.5 Å². The van der Waals surface area contributed by atoms with Crippen LogP contribution < -0.4 is 15.7 Å². The van der Waals surface area contributed by atoms with Crippen LogP contribution in [0.3, 0.4) is 0 Å². The van der Waals surface area contributed by atoms with Gasteiger partial charge in [-0.05, 0) is 67.4 Å². The van der Waals surface area contributed by atoms with Crippen LogP contribution in [0, 0.1) is 0 Å². The summed E-state index contributed by atoms with van der Waals surface area (Å²) in [6.07, 6.45) is 6.27. The fourth-order valence-corrected chi connectivity index (χ4v) is 10.5. The Labute approximate surface area is 284 Å². The number of amides is 1. The van der Waals surface area contributed by atoms with E-state index in [1.807, 2.05) is 63.3 Å². The fraction of sp³-hybridized carbons (Fsp3) is 0.475. The summed E-state index contributed by atoms with van der Waals surface area (Å²) in [5.41, 5.74) is 0.507. The van der Waals surface area contributed by atoms with Crippen LogP contribution in [0.15, 0.2) is 103 Å². The largest absolute Gasteiger partial charge is 0.444 e. The van der Waals surface area contributed by atoms with E-state index < -0.39 is 26.1 Å². The molecule has 0 spiro atoms. The maximum atomic E-state index is 12.9. The van der Waals surface area contributed by atoms with Crippen LogP contribution in [-0.2, 0) is 20.5 Å². The highest BCUT2D eigenvalue weighted by Crippen LogP contribution is 2.36. The number of hydrogen-bond donors (Lipinski definition) is 2. The van der Waals surface area contributed by atoms with Crippen LogP contribution in [0.2, 0.25) is 5.04 Å². The Morgan fingerprint density at radius 2 is 1.40 bits per heavy atom. The Hall–Kier alpha value is -3.23. The number of aliphatic hydroxyl groups is 1. The van der Waals surface area contributed by atoms with E-state index in [-0.39, 0.29) is 17.2 Å². The van der Waals surface area contributed by atoms with Crippen molar-refractivity contribution in [3.63, 3.8) is 0 Å². The number of carbonyl (C=O) groups excluding carboxylic acids is 1. The molecule has 0 bridgehead atoms. The minimum absolute atomic E-state index is 0.0286. The van der Waals surface area contributed by atoms with Crippen molar-refractivity contribution < 1.29 is 23.8 Å². The molecule has 0 saturated heterocycles. The van der Waals surface area contributed by atoms with Gasteiger partial charge in [0.1, 0.15) is 5.60 Å². The first-order valence-electron chi connectivity index (χ1n) is 17.1. The molecule has 3 aromatic carbocycles. The quantitative estimate of drug-likeness (QED) is 0.114. The molecular weight excluding hydrogens is 603 g/mol. The van der Waals surface area contributed by atoms with Gasteiger partial charge in [0.25, 0.3) is 8.32 Å². The summed E-state index contributed by atoms with van der Waals surface area (Å²) in [6, 6.07) is 30.9. The molecule has 256 valence electrons. The molecule has 0 aliphatic rings. The molecule has 0 heterocycles. The Balaban J connectivity index is 1.73. The molecule has 0 saturated carbocycles. The standard InChI is InChI=1S/C40H57NO5Si/c1-8-19-35(44-31-32-20-12-9-13-21-32)30-34(42)23-18-22-33(41-38(43)46-39(2,3)4)28-29-45-47(40(5,6)7,36-24-14-10-15-25-36)37-26-16-11-17-27-37/h9-18,20-22,24-27,33-35,42H,8,19,23,28-31H2,1-7H3,(H,41,43)/b22-18+/t33-,34-,35-/m0/s1. The zero-order valence-electron chi connectivity index (χ0n) is 29.6. The van der Waals surface area contributed by atoms with Gasteiger partial charge in [-0.1, -0.05) is 137 Å². The Morgan fingerprint density at radius 1 is 0.851 bits per heavy atom. The molecule has 47 heavy (non-hydrogen) atoms. The number of hydrogen-bond acceptors (Lipinski definition) is 5. The normalized spacial score (nSPS) is 14.5. The van der Waals surface area contributed by atoms with Gasteiger partial charge in [0.2, 0.25) is 0 Å². The summed E-state index contributed by atoms with van der Waals surface area (Å²) in [5.74, 6) is 0. The number of carbonyl (C=O) groups is 1. The van der Waals surface area contributed by atoms with Crippen LogP contribution >= 0.6 is 0 Å². The summed E-state index contributed by atoms with van der Waals surface area (Å²) >= 11 is 0. The molecular formula is C40H57NO5Si. The number of alkyl carbamates (subject to hydrolysis) is 1. The molecule has 0 unspecified atom stereocenters. The Kier molecular flexibility index (Phi) is 14.9. The van der Waals surface area contributed by atoms with Crippen molar-refractivity contribution in [1.82, 2.24) is 5.32 Å². The predicted molar refractivity (Wildman–Crippen MR) is 196 cm³/mol. The van der Waals surface area contributed by atoms with Crippen LogP contribution in [0.5, 0.6) is 0 Å². The van der Waals surface area contributed by atoms with Gasteiger partial charge >= 0.3 is 6.09 Å².